The van der Waals surface area contributed by atoms with E-state index in [0.717, 1.165) is 44.0 Å². The molecule has 5 rings (SSSR count). The molecule has 2 aromatic carbocycles. The SMILES string of the molecule is CCCC[C@@H]1NC(=O)[C@H](Cc2cccc(I)c2)NC(=O)CN(C)C(=O)[C@H](Cc2ccc(Cl)cc2)N(C)C(=O)CN(C)C(=O)CN(C)C(=O)[C@H]([C@@H](C)CC)NC(=O)[C@H](CC(C)C)N(C)C(=O)C[C@@H](C(=O)N2CCCCC2)N(C)C(=O)[C@H](CC2CCC2)NC(=O)C(C)(C)N(C)C1=O. The van der Waals surface area contributed by atoms with Crippen LogP contribution in [0.5, 0.6) is 0 Å². The van der Waals surface area contributed by atoms with E-state index in [1.54, 1.807) is 48.2 Å². The Balaban J connectivity index is 1.61. The third-order valence-corrected chi connectivity index (χ3v) is 20.0. The largest absolute Gasteiger partial charge is 0.343 e. The van der Waals surface area contributed by atoms with Crippen molar-refractivity contribution < 1.29 is 57.5 Å². The maximum Gasteiger partial charge on any atom is 0.246 e. The Morgan fingerprint density at radius 3 is 1.83 bits per heavy atom. The molecular formula is C69H104ClIN12O12. The van der Waals surface area contributed by atoms with E-state index in [1.807, 2.05) is 39.8 Å². The molecule has 4 N–H and O–H groups in total. The van der Waals surface area contributed by atoms with Crippen LogP contribution < -0.4 is 21.3 Å². The molecule has 0 bridgehead atoms. The van der Waals surface area contributed by atoms with Crippen LogP contribution in [0.4, 0.5) is 0 Å². The van der Waals surface area contributed by atoms with E-state index in [9.17, 15) is 52.7 Å². The lowest BCUT2D eigenvalue weighted by Crippen LogP contribution is -2.63. The Bertz CT molecular complexity index is 3050. The van der Waals surface area contributed by atoms with Crippen molar-refractivity contribution in [1.29, 1.82) is 0 Å². The van der Waals surface area contributed by atoms with Crippen molar-refractivity contribution in [2.75, 3.05) is 82.1 Å². The van der Waals surface area contributed by atoms with Crippen LogP contribution >= 0.6 is 34.2 Å². The lowest BCUT2D eigenvalue weighted by molar-refractivity contribution is -0.152. The first kappa shape index (κ1) is 78.8. The summed E-state index contributed by atoms with van der Waals surface area (Å²) >= 11 is 8.37. The first-order valence-electron chi connectivity index (χ1n) is 33.5. The minimum Gasteiger partial charge on any atom is -0.343 e. The fourth-order valence-corrected chi connectivity index (χ4v) is 12.7. The van der Waals surface area contributed by atoms with Crippen LogP contribution in [0.15, 0.2) is 48.5 Å². The van der Waals surface area contributed by atoms with E-state index in [2.05, 4.69) is 43.9 Å². The summed E-state index contributed by atoms with van der Waals surface area (Å²) < 4.78 is 0.849. The average Bonchev–Trinajstić information content (AvgIpc) is 0.830. The molecule has 2 saturated heterocycles. The molecule has 8 atom stereocenters. The van der Waals surface area contributed by atoms with E-state index in [4.69, 9.17) is 11.6 Å². The van der Waals surface area contributed by atoms with Crippen LogP contribution in [-0.4, -0.2) is 240 Å². The van der Waals surface area contributed by atoms with E-state index in [0.29, 0.717) is 61.3 Å². The fourth-order valence-electron chi connectivity index (χ4n) is 12.0. The first-order chi connectivity index (χ1) is 44.7. The smallest absolute Gasteiger partial charge is 0.246 e. The molecule has 24 nitrogen and oxygen atoms in total. The highest BCUT2D eigenvalue weighted by atomic mass is 127. The number of carbonyl (C=O) groups excluding carboxylic acids is 12. The summed E-state index contributed by atoms with van der Waals surface area (Å²) in [4.78, 5) is 187. The third kappa shape index (κ3) is 22.1. The van der Waals surface area contributed by atoms with Gasteiger partial charge in [0.1, 0.15) is 47.8 Å². The molecule has 3 fully saturated rings. The summed E-state index contributed by atoms with van der Waals surface area (Å²) in [5.74, 6) is -8.46. The minimum absolute atomic E-state index is 0.0322. The number of likely N-dealkylation sites (tertiary alicyclic amines) is 1. The molecule has 3 aliphatic rings. The molecule has 2 heterocycles. The van der Waals surface area contributed by atoms with Crippen LogP contribution in [0.1, 0.15) is 143 Å². The molecule has 1 saturated carbocycles. The van der Waals surface area contributed by atoms with E-state index >= 15 is 4.79 Å². The number of hydrogen-bond donors (Lipinski definition) is 4. The van der Waals surface area contributed by atoms with Crippen LogP contribution in [0, 0.1) is 21.3 Å². The zero-order valence-electron chi connectivity index (χ0n) is 58.3. The van der Waals surface area contributed by atoms with Crippen molar-refractivity contribution in [1.82, 2.24) is 60.5 Å². The molecule has 26 heteroatoms. The molecule has 526 valence electrons. The molecule has 12 amide bonds. The predicted molar refractivity (Wildman–Crippen MR) is 371 cm³/mol. The second kappa shape index (κ2) is 36.4. The van der Waals surface area contributed by atoms with Crippen molar-refractivity contribution in [2.45, 2.75) is 193 Å². The summed E-state index contributed by atoms with van der Waals surface area (Å²) in [5.41, 5.74) is -0.393. The van der Waals surface area contributed by atoms with E-state index < -0.39 is 151 Å². The highest BCUT2D eigenvalue weighted by Gasteiger charge is 2.45. The quantitative estimate of drug-likeness (QED) is 0.188. The monoisotopic (exact) mass is 1450 g/mol. The molecule has 0 radical (unpaired) electrons. The van der Waals surface area contributed by atoms with Gasteiger partial charge < -0.3 is 60.5 Å². The normalized spacial score (nSPS) is 24.7. The molecule has 95 heavy (non-hydrogen) atoms. The predicted octanol–water partition coefficient (Wildman–Crippen LogP) is 4.65. The number of carbonyl (C=O) groups is 12. The number of halogens is 2. The molecular weight excluding hydrogens is 1350 g/mol. The second-order valence-corrected chi connectivity index (χ2v) is 28.9. The lowest BCUT2D eigenvalue weighted by atomic mass is 9.80. The van der Waals surface area contributed by atoms with Crippen LogP contribution in [0.25, 0.3) is 0 Å². The lowest BCUT2D eigenvalue weighted by Gasteiger charge is -2.40. The average molecular weight is 1460 g/mol. The number of nitrogens with zero attached hydrogens (tertiary/aromatic N) is 8. The topological polar surface area (TPSA) is 279 Å². The van der Waals surface area contributed by atoms with Gasteiger partial charge in [0.05, 0.1) is 26.1 Å². The van der Waals surface area contributed by atoms with Gasteiger partial charge in [-0.3, -0.25) is 57.5 Å². The Kier molecular flexibility index (Phi) is 30.2. The van der Waals surface area contributed by atoms with Crippen LogP contribution in [-0.2, 0) is 70.4 Å². The summed E-state index contributed by atoms with van der Waals surface area (Å²) in [6.07, 6.45) is 6.13. The number of hydrogen-bond acceptors (Lipinski definition) is 12. The Labute approximate surface area is 580 Å². The van der Waals surface area contributed by atoms with Gasteiger partial charge in [0, 0.05) is 83.9 Å². The van der Waals surface area contributed by atoms with Gasteiger partial charge in [0.15, 0.2) is 0 Å². The van der Waals surface area contributed by atoms with Crippen molar-refractivity contribution >= 4 is 105 Å². The second-order valence-electron chi connectivity index (χ2n) is 27.2. The Morgan fingerprint density at radius 1 is 0.621 bits per heavy atom. The first-order valence-corrected chi connectivity index (χ1v) is 34.9. The number of piperidine rings is 1. The fraction of sp³-hybridized carbons (Fsp3) is 0.652. The van der Waals surface area contributed by atoms with Crippen molar-refractivity contribution in [3.05, 3.63) is 68.3 Å². The number of unbranched alkanes of at least 4 members (excludes halogenated alkanes) is 1. The van der Waals surface area contributed by atoms with E-state index in [-0.39, 0.29) is 43.9 Å². The van der Waals surface area contributed by atoms with Gasteiger partial charge in [0.2, 0.25) is 70.9 Å². The van der Waals surface area contributed by atoms with Gasteiger partial charge >= 0.3 is 0 Å². The molecule has 0 aromatic heterocycles. The standard InChI is InChI=1S/C69H104ClIN12O12/c1-15-17-27-50-64(91)82(14)69(6,7)68(95)74-52(36-45-23-21-24-45)63(90)81(13)55(66(93)83-32-19-18-20-33-83)39-57(85)79(11)53(34-43(3)4)62(89)75-60(44(5)16-2)67(94)78(10)41-58(86)76(8)42-59(87)80(12)54(38-46-28-30-48(70)31-29-46)65(92)77(9)40-56(84)72-51(61(88)73-50)37-47-25-22-26-49(71)35-47/h22,25-26,28-31,35,43-45,50-55,60H,15-21,23-24,27,32-34,36-42H2,1-14H3,(H,72,84)(H,73,88)(H,74,95)(H,75,89)/t44-,50-,51-,52-,53-,54-,55-,60-/m0/s1. The van der Waals surface area contributed by atoms with Gasteiger partial charge in [-0.2, -0.15) is 0 Å². The molecule has 1 aliphatic carbocycles. The highest BCUT2D eigenvalue weighted by Crippen LogP contribution is 2.32. The Morgan fingerprint density at radius 2 is 1.24 bits per heavy atom. The molecule has 2 aromatic rings. The number of likely N-dealkylation sites (N-methyl/N-ethyl adjacent to an activating group) is 7. The third-order valence-electron chi connectivity index (χ3n) is 19.1. The molecule has 2 aliphatic heterocycles. The van der Waals surface area contributed by atoms with Gasteiger partial charge in [-0.05, 0) is 128 Å². The van der Waals surface area contributed by atoms with Crippen LogP contribution in [0.2, 0.25) is 5.02 Å². The van der Waals surface area contributed by atoms with Crippen LogP contribution in [0.3, 0.4) is 0 Å². The van der Waals surface area contributed by atoms with Crippen molar-refractivity contribution in [3.63, 3.8) is 0 Å². The van der Waals surface area contributed by atoms with Crippen molar-refractivity contribution in [3.8, 4) is 0 Å². The number of nitrogens with one attached hydrogen (secondary N) is 4. The summed E-state index contributed by atoms with van der Waals surface area (Å²) in [6.45, 7) is 11.4. The van der Waals surface area contributed by atoms with E-state index in [1.165, 1.54) is 82.8 Å². The molecule has 0 spiro atoms. The zero-order chi connectivity index (χ0) is 70.8. The summed E-state index contributed by atoms with van der Waals surface area (Å²) in [5, 5.41) is 12.0. The van der Waals surface area contributed by atoms with Gasteiger partial charge in [0.25, 0.3) is 0 Å². The molecule has 0 unspecified atom stereocenters. The maximum atomic E-state index is 15.3. The van der Waals surface area contributed by atoms with Crippen molar-refractivity contribution in [2.24, 2.45) is 17.8 Å². The summed E-state index contributed by atoms with van der Waals surface area (Å²) in [7, 11) is 9.86. The number of benzene rings is 2. The number of amides is 12. The maximum absolute atomic E-state index is 15.3. The van der Waals surface area contributed by atoms with Gasteiger partial charge in [-0.15, -0.1) is 0 Å². The highest BCUT2D eigenvalue weighted by molar-refractivity contribution is 14.1. The van der Waals surface area contributed by atoms with Gasteiger partial charge in [-0.25, -0.2) is 0 Å². The summed E-state index contributed by atoms with van der Waals surface area (Å²) in [6, 6.07) is 5.19. The minimum atomic E-state index is -1.68. The Hall–Kier alpha value is -6.90. The van der Waals surface area contributed by atoms with Gasteiger partial charge in [-0.1, -0.05) is 109 Å². The number of rotatable bonds is 14. The zero-order valence-corrected chi connectivity index (χ0v) is 61.2.